The van der Waals surface area contributed by atoms with Crippen molar-refractivity contribution in [2.45, 2.75) is 13.0 Å². The maximum Gasteiger partial charge on any atom is 0.119 e. The SMILES string of the molecule is CC(ON)c1cnnn1C. The van der Waals surface area contributed by atoms with Crippen molar-refractivity contribution in [1.82, 2.24) is 15.0 Å². The maximum absolute atomic E-state index is 4.96. The summed E-state index contributed by atoms with van der Waals surface area (Å²) in [5.41, 5.74) is 0.863. The molecule has 0 aliphatic carbocycles. The highest BCUT2D eigenvalue weighted by Gasteiger charge is 2.08. The molecule has 1 aromatic heterocycles. The Balaban J connectivity index is 2.82. The zero-order valence-electron chi connectivity index (χ0n) is 5.98. The van der Waals surface area contributed by atoms with Crippen LogP contribution in [0.1, 0.15) is 18.7 Å². The van der Waals surface area contributed by atoms with Gasteiger partial charge < -0.3 is 0 Å². The number of hydrogen-bond donors (Lipinski definition) is 1. The fourth-order valence-corrected chi connectivity index (χ4v) is 0.735. The zero-order valence-corrected chi connectivity index (χ0v) is 5.98. The normalized spacial score (nSPS) is 13.5. The minimum absolute atomic E-state index is 0.153. The first kappa shape index (κ1) is 7.17. The number of rotatable bonds is 2. The van der Waals surface area contributed by atoms with Crippen LogP contribution in [-0.4, -0.2) is 15.0 Å². The summed E-state index contributed by atoms with van der Waals surface area (Å²) < 4.78 is 1.62. The average Bonchev–Trinajstić information content (AvgIpc) is 2.34. The molecule has 5 heteroatoms. The molecule has 1 rings (SSSR count). The molecule has 5 nitrogen and oxygen atoms in total. The van der Waals surface area contributed by atoms with Crippen LogP contribution in [0.15, 0.2) is 6.20 Å². The molecular weight excluding hydrogens is 132 g/mol. The Labute approximate surface area is 58.7 Å². The largest absolute Gasteiger partial charge is 0.295 e. The van der Waals surface area contributed by atoms with E-state index in [0.717, 1.165) is 5.69 Å². The fraction of sp³-hybridized carbons (Fsp3) is 0.600. The number of nitrogens with zero attached hydrogens (tertiary/aromatic N) is 3. The van der Waals surface area contributed by atoms with Crippen LogP contribution in [0.3, 0.4) is 0 Å². The van der Waals surface area contributed by atoms with E-state index in [-0.39, 0.29) is 6.10 Å². The minimum atomic E-state index is -0.153. The topological polar surface area (TPSA) is 66.0 Å². The molecule has 1 atom stereocenters. The third-order valence-electron chi connectivity index (χ3n) is 1.37. The van der Waals surface area contributed by atoms with Gasteiger partial charge in [0.25, 0.3) is 0 Å². The van der Waals surface area contributed by atoms with Crippen LogP contribution in [0, 0.1) is 0 Å². The van der Waals surface area contributed by atoms with Gasteiger partial charge in [0.05, 0.1) is 11.9 Å². The van der Waals surface area contributed by atoms with Crippen molar-refractivity contribution in [3.05, 3.63) is 11.9 Å². The lowest BCUT2D eigenvalue weighted by Crippen LogP contribution is -2.09. The predicted octanol–water partition coefficient (Wildman–Crippen LogP) is -0.234. The molecule has 0 fully saturated rings. The van der Waals surface area contributed by atoms with E-state index >= 15 is 0 Å². The van der Waals surface area contributed by atoms with Gasteiger partial charge >= 0.3 is 0 Å². The molecule has 0 saturated carbocycles. The Morgan fingerprint density at radius 3 is 2.90 bits per heavy atom. The van der Waals surface area contributed by atoms with Crippen molar-refractivity contribution < 1.29 is 4.84 Å². The molecule has 1 unspecified atom stereocenters. The lowest BCUT2D eigenvalue weighted by Gasteiger charge is -2.06. The van der Waals surface area contributed by atoms with Gasteiger partial charge in [-0.05, 0) is 6.92 Å². The smallest absolute Gasteiger partial charge is 0.119 e. The van der Waals surface area contributed by atoms with Crippen molar-refractivity contribution in [2.75, 3.05) is 0 Å². The Morgan fingerprint density at radius 1 is 1.80 bits per heavy atom. The Bertz CT molecular complexity index is 209. The highest BCUT2D eigenvalue weighted by atomic mass is 16.6. The monoisotopic (exact) mass is 142 g/mol. The Kier molecular flexibility index (Phi) is 1.98. The molecule has 0 aliphatic rings. The average molecular weight is 142 g/mol. The van der Waals surface area contributed by atoms with E-state index < -0.39 is 0 Å². The lowest BCUT2D eigenvalue weighted by molar-refractivity contribution is 0.0607. The van der Waals surface area contributed by atoms with Gasteiger partial charge in [-0.15, -0.1) is 5.10 Å². The van der Waals surface area contributed by atoms with E-state index in [1.807, 2.05) is 6.92 Å². The zero-order chi connectivity index (χ0) is 7.56. The van der Waals surface area contributed by atoms with Crippen molar-refractivity contribution >= 4 is 0 Å². The highest BCUT2D eigenvalue weighted by Crippen LogP contribution is 2.10. The van der Waals surface area contributed by atoms with E-state index in [1.54, 1.807) is 17.9 Å². The molecule has 0 aliphatic heterocycles. The summed E-state index contributed by atoms with van der Waals surface area (Å²) in [5.74, 6) is 4.96. The van der Waals surface area contributed by atoms with Crippen LogP contribution >= 0.6 is 0 Å². The molecule has 10 heavy (non-hydrogen) atoms. The maximum atomic E-state index is 4.96. The number of hydrogen-bond acceptors (Lipinski definition) is 4. The summed E-state index contributed by atoms with van der Waals surface area (Å²) in [4.78, 5) is 4.57. The standard InChI is InChI=1S/C5H10N4O/c1-4(10-6)5-3-7-8-9(5)2/h3-4H,6H2,1-2H3. The van der Waals surface area contributed by atoms with E-state index in [2.05, 4.69) is 15.1 Å². The predicted molar refractivity (Wildman–Crippen MR) is 34.7 cm³/mol. The first-order valence-electron chi connectivity index (χ1n) is 2.96. The van der Waals surface area contributed by atoms with Crippen molar-refractivity contribution in [2.24, 2.45) is 12.9 Å². The molecule has 56 valence electrons. The van der Waals surface area contributed by atoms with E-state index in [0.29, 0.717) is 0 Å². The number of nitrogens with two attached hydrogens (primary N) is 1. The van der Waals surface area contributed by atoms with Gasteiger partial charge in [0.15, 0.2) is 0 Å². The Hall–Kier alpha value is -0.940. The molecule has 0 amide bonds. The van der Waals surface area contributed by atoms with Crippen LogP contribution in [0.25, 0.3) is 0 Å². The number of aryl methyl sites for hydroxylation is 1. The van der Waals surface area contributed by atoms with Crippen molar-refractivity contribution in [3.63, 3.8) is 0 Å². The summed E-state index contributed by atoms with van der Waals surface area (Å²) in [7, 11) is 1.79. The van der Waals surface area contributed by atoms with Gasteiger partial charge in [-0.2, -0.15) is 0 Å². The van der Waals surface area contributed by atoms with Gasteiger partial charge in [-0.25, -0.2) is 10.6 Å². The molecule has 0 saturated heterocycles. The summed E-state index contributed by atoms with van der Waals surface area (Å²) >= 11 is 0. The first-order chi connectivity index (χ1) is 4.75. The summed E-state index contributed by atoms with van der Waals surface area (Å²) in [6.45, 7) is 1.83. The second kappa shape index (κ2) is 2.76. The van der Waals surface area contributed by atoms with E-state index in [4.69, 9.17) is 5.90 Å². The van der Waals surface area contributed by atoms with Crippen LogP contribution < -0.4 is 5.90 Å². The molecule has 0 spiro atoms. The summed E-state index contributed by atoms with van der Waals surface area (Å²) in [5, 5.41) is 7.38. The Morgan fingerprint density at radius 2 is 2.50 bits per heavy atom. The van der Waals surface area contributed by atoms with Gasteiger partial charge in [0.2, 0.25) is 0 Å². The fourth-order valence-electron chi connectivity index (χ4n) is 0.735. The molecule has 0 radical (unpaired) electrons. The van der Waals surface area contributed by atoms with Crippen molar-refractivity contribution in [3.8, 4) is 0 Å². The lowest BCUT2D eigenvalue weighted by atomic mass is 10.3. The highest BCUT2D eigenvalue weighted by molar-refractivity contribution is 4.96. The molecular formula is C5H10N4O. The minimum Gasteiger partial charge on any atom is -0.295 e. The quantitative estimate of drug-likeness (QED) is 0.579. The summed E-state index contributed by atoms with van der Waals surface area (Å²) in [6, 6.07) is 0. The van der Waals surface area contributed by atoms with Crippen LogP contribution in [-0.2, 0) is 11.9 Å². The molecule has 2 N–H and O–H groups in total. The first-order valence-corrected chi connectivity index (χ1v) is 2.96. The van der Waals surface area contributed by atoms with Crippen molar-refractivity contribution in [1.29, 1.82) is 0 Å². The molecule has 0 aromatic carbocycles. The summed E-state index contributed by atoms with van der Waals surface area (Å²) in [6.07, 6.45) is 1.47. The van der Waals surface area contributed by atoms with Crippen LogP contribution in [0.2, 0.25) is 0 Å². The molecule has 1 heterocycles. The third-order valence-corrected chi connectivity index (χ3v) is 1.37. The second-order valence-corrected chi connectivity index (χ2v) is 2.06. The van der Waals surface area contributed by atoms with Crippen LogP contribution in [0.5, 0.6) is 0 Å². The second-order valence-electron chi connectivity index (χ2n) is 2.06. The van der Waals surface area contributed by atoms with E-state index in [1.165, 1.54) is 0 Å². The van der Waals surface area contributed by atoms with Gasteiger partial charge in [-0.3, -0.25) is 4.84 Å². The van der Waals surface area contributed by atoms with Crippen LogP contribution in [0.4, 0.5) is 0 Å². The van der Waals surface area contributed by atoms with E-state index in [9.17, 15) is 0 Å². The van der Waals surface area contributed by atoms with Gasteiger partial charge in [0, 0.05) is 7.05 Å². The van der Waals surface area contributed by atoms with Gasteiger partial charge in [-0.1, -0.05) is 5.21 Å². The third kappa shape index (κ3) is 1.14. The van der Waals surface area contributed by atoms with Gasteiger partial charge in [0.1, 0.15) is 6.10 Å². The number of aromatic nitrogens is 3. The molecule has 0 bridgehead atoms. The molecule has 1 aromatic rings.